The predicted molar refractivity (Wildman–Crippen MR) is 65.2 cm³/mol. The third-order valence-electron chi connectivity index (χ3n) is 2.63. The first-order valence-corrected chi connectivity index (χ1v) is 5.90. The fraction of sp³-hybridized carbons (Fsp3) is 0.583. The number of hydrogen-bond acceptors (Lipinski definition) is 4. The highest BCUT2D eigenvalue weighted by Gasteiger charge is 2.26. The van der Waals surface area contributed by atoms with Crippen LogP contribution in [0, 0.1) is 0 Å². The number of fused-ring (bicyclic) bond motifs is 1. The molecule has 0 fully saturated rings. The van der Waals surface area contributed by atoms with E-state index in [4.69, 9.17) is 4.74 Å². The van der Waals surface area contributed by atoms with Crippen molar-refractivity contribution in [3.05, 3.63) is 27.9 Å². The Morgan fingerprint density at radius 2 is 2.22 bits per heavy atom. The number of carbonyl (C=O) groups is 1. The van der Waals surface area contributed by atoms with Crippen LogP contribution < -0.4 is 5.69 Å². The maximum atomic E-state index is 11.9. The van der Waals surface area contributed by atoms with Gasteiger partial charge < -0.3 is 14.6 Å². The smallest absolute Gasteiger partial charge is 0.410 e. The molecule has 98 valence electrons. The molecule has 0 bridgehead atoms. The van der Waals surface area contributed by atoms with Gasteiger partial charge in [0.15, 0.2) is 0 Å². The Balaban J connectivity index is 2.12. The number of aromatic nitrogens is 2. The van der Waals surface area contributed by atoms with Crippen molar-refractivity contribution in [2.24, 2.45) is 0 Å². The second-order valence-electron chi connectivity index (χ2n) is 5.34. The number of H-pyrrole nitrogens is 1. The van der Waals surface area contributed by atoms with Crippen molar-refractivity contribution < 1.29 is 9.53 Å². The van der Waals surface area contributed by atoms with E-state index in [0.717, 1.165) is 11.3 Å². The van der Waals surface area contributed by atoms with Crippen LogP contribution in [0.1, 0.15) is 32.0 Å². The largest absolute Gasteiger partial charge is 0.444 e. The molecule has 2 heterocycles. The molecule has 0 spiro atoms. The van der Waals surface area contributed by atoms with Gasteiger partial charge in [-0.3, -0.25) is 0 Å². The van der Waals surface area contributed by atoms with Gasteiger partial charge in [-0.05, 0) is 32.8 Å². The fourth-order valence-electron chi connectivity index (χ4n) is 1.82. The van der Waals surface area contributed by atoms with Crippen LogP contribution in [0.15, 0.2) is 11.0 Å². The number of nitrogens with one attached hydrogen (secondary N) is 1. The maximum absolute atomic E-state index is 11.9. The number of nitrogens with zero attached hydrogens (tertiary/aromatic N) is 2. The molecule has 0 saturated carbocycles. The highest BCUT2D eigenvalue weighted by atomic mass is 16.6. The standard InChI is InChI=1S/C12H17N3O3/c1-12(2,3)18-11(17)15-5-4-8-6-13-10(16)14-9(8)7-15/h6H,4-5,7H2,1-3H3,(H,13,14,16). The molecule has 0 unspecified atom stereocenters. The minimum Gasteiger partial charge on any atom is -0.444 e. The Labute approximate surface area is 105 Å². The lowest BCUT2D eigenvalue weighted by molar-refractivity contribution is 0.0220. The van der Waals surface area contributed by atoms with Gasteiger partial charge in [0.2, 0.25) is 0 Å². The van der Waals surface area contributed by atoms with E-state index in [2.05, 4.69) is 9.97 Å². The summed E-state index contributed by atoms with van der Waals surface area (Å²) in [6.07, 6.45) is 1.89. The third-order valence-corrected chi connectivity index (χ3v) is 2.63. The van der Waals surface area contributed by atoms with Crippen molar-refractivity contribution in [2.75, 3.05) is 6.54 Å². The highest BCUT2D eigenvalue weighted by Crippen LogP contribution is 2.17. The number of rotatable bonds is 0. The SMILES string of the molecule is CC(C)(C)OC(=O)N1CCc2cnc(=O)[nH]c2C1. The van der Waals surface area contributed by atoms with Gasteiger partial charge in [-0.2, -0.15) is 0 Å². The molecule has 2 rings (SSSR count). The summed E-state index contributed by atoms with van der Waals surface area (Å²) < 4.78 is 5.30. The van der Waals surface area contributed by atoms with Crippen LogP contribution in [-0.2, 0) is 17.7 Å². The molecule has 0 aliphatic carbocycles. The normalized spacial score (nSPS) is 15.2. The summed E-state index contributed by atoms with van der Waals surface area (Å²) in [5.74, 6) is 0. The molecule has 0 radical (unpaired) electrons. The second-order valence-corrected chi connectivity index (χ2v) is 5.34. The molecule has 1 aliphatic rings. The van der Waals surface area contributed by atoms with Crippen LogP contribution in [0.25, 0.3) is 0 Å². The number of aromatic amines is 1. The van der Waals surface area contributed by atoms with Crippen molar-refractivity contribution in [3.8, 4) is 0 Å². The summed E-state index contributed by atoms with van der Waals surface area (Å²) in [4.78, 5) is 31.0. The van der Waals surface area contributed by atoms with Crippen LogP contribution >= 0.6 is 0 Å². The summed E-state index contributed by atoms with van der Waals surface area (Å²) in [5, 5.41) is 0. The molecule has 1 aliphatic heterocycles. The van der Waals surface area contributed by atoms with E-state index in [-0.39, 0.29) is 11.8 Å². The van der Waals surface area contributed by atoms with Crippen molar-refractivity contribution in [1.82, 2.24) is 14.9 Å². The van der Waals surface area contributed by atoms with E-state index >= 15 is 0 Å². The van der Waals surface area contributed by atoms with E-state index in [1.54, 1.807) is 11.1 Å². The molecular formula is C12H17N3O3. The summed E-state index contributed by atoms with van der Waals surface area (Å²) in [6.45, 7) is 6.43. The molecule has 1 aromatic heterocycles. The minimum atomic E-state index is -0.511. The van der Waals surface area contributed by atoms with Crippen LogP contribution in [0.2, 0.25) is 0 Å². The van der Waals surface area contributed by atoms with Crippen molar-refractivity contribution in [3.63, 3.8) is 0 Å². The zero-order chi connectivity index (χ0) is 13.3. The van der Waals surface area contributed by atoms with Gasteiger partial charge in [0, 0.05) is 18.4 Å². The lowest BCUT2D eigenvalue weighted by atomic mass is 10.1. The zero-order valence-corrected chi connectivity index (χ0v) is 10.8. The molecule has 0 atom stereocenters. The maximum Gasteiger partial charge on any atom is 0.410 e. The Bertz CT molecular complexity index is 516. The van der Waals surface area contributed by atoms with Crippen molar-refractivity contribution in [1.29, 1.82) is 0 Å². The average Bonchev–Trinajstić information content (AvgIpc) is 2.25. The van der Waals surface area contributed by atoms with Gasteiger partial charge in [0.25, 0.3) is 0 Å². The van der Waals surface area contributed by atoms with Crippen LogP contribution in [0.5, 0.6) is 0 Å². The second kappa shape index (κ2) is 4.44. The first-order chi connectivity index (χ1) is 8.35. The number of ether oxygens (including phenoxy) is 1. The fourth-order valence-corrected chi connectivity index (χ4v) is 1.82. The number of hydrogen-bond donors (Lipinski definition) is 1. The van der Waals surface area contributed by atoms with Crippen LogP contribution in [0.4, 0.5) is 4.79 Å². The topological polar surface area (TPSA) is 75.3 Å². The van der Waals surface area contributed by atoms with E-state index < -0.39 is 5.60 Å². The molecule has 1 amide bonds. The third kappa shape index (κ3) is 2.88. The first kappa shape index (κ1) is 12.6. The first-order valence-electron chi connectivity index (χ1n) is 5.90. The predicted octanol–water partition coefficient (Wildman–Crippen LogP) is 1.06. The molecule has 18 heavy (non-hydrogen) atoms. The Morgan fingerprint density at radius 3 is 2.89 bits per heavy atom. The summed E-state index contributed by atoms with van der Waals surface area (Å²) in [6, 6.07) is 0. The van der Waals surface area contributed by atoms with Crippen molar-refractivity contribution in [2.45, 2.75) is 39.3 Å². The highest BCUT2D eigenvalue weighted by molar-refractivity contribution is 5.68. The molecule has 0 saturated heterocycles. The Morgan fingerprint density at radius 1 is 1.50 bits per heavy atom. The Kier molecular flexibility index (Phi) is 3.11. The number of carbonyl (C=O) groups excluding carboxylic acids is 1. The molecule has 1 aromatic rings. The molecular weight excluding hydrogens is 234 g/mol. The van der Waals surface area contributed by atoms with Gasteiger partial charge in [-0.25, -0.2) is 14.6 Å². The average molecular weight is 251 g/mol. The summed E-state index contributed by atoms with van der Waals surface area (Å²) in [7, 11) is 0. The monoisotopic (exact) mass is 251 g/mol. The lowest BCUT2D eigenvalue weighted by Gasteiger charge is -2.30. The summed E-state index contributed by atoms with van der Waals surface area (Å²) >= 11 is 0. The Hall–Kier alpha value is -1.85. The molecule has 0 aromatic carbocycles. The summed E-state index contributed by atoms with van der Waals surface area (Å²) in [5.41, 5.74) is 0.824. The zero-order valence-electron chi connectivity index (χ0n) is 10.8. The molecule has 6 heteroatoms. The van der Waals surface area contributed by atoms with Gasteiger partial charge in [0.05, 0.1) is 6.54 Å². The van der Waals surface area contributed by atoms with E-state index in [1.807, 2.05) is 20.8 Å². The lowest BCUT2D eigenvalue weighted by Crippen LogP contribution is -2.40. The van der Waals surface area contributed by atoms with E-state index in [0.29, 0.717) is 19.5 Å². The van der Waals surface area contributed by atoms with Gasteiger partial charge in [0.1, 0.15) is 5.60 Å². The quantitative estimate of drug-likeness (QED) is 0.748. The van der Waals surface area contributed by atoms with Crippen LogP contribution in [-0.4, -0.2) is 33.1 Å². The molecule has 1 N–H and O–H groups in total. The van der Waals surface area contributed by atoms with Gasteiger partial charge in [-0.1, -0.05) is 0 Å². The van der Waals surface area contributed by atoms with E-state index in [1.165, 1.54) is 0 Å². The van der Waals surface area contributed by atoms with E-state index in [9.17, 15) is 9.59 Å². The van der Waals surface area contributed by atoms with Gasteiger partial charge in [-0.15, -0.1) is 0 Å². The molecule has 6 nitrogen and oxygen atoms in total. The van der Waals surface area contributed by atoms with Crippen molar-refractivity contribution >= 4 is 6.09 Å². The van der Waals surface area contributed by atoms with Gasteiger partial charge >= 0.3 is 11.8 Å². The number of amides is 1. The minimum absolute atomic E-state index is 0.356. The van der Waals surface area contributed by atoms with Crippen LogP contribution in [0.3, 0.4) is 0 Å².